The van der Waals surface area contributed by atoms with Gasteiger partial charge in [0.15, 0.2) is 0 Å². The number of rotatable bonds is 4. The van der Waals surface area contributed by atoms with Crippen LogP contribution in [0.3, 0.4) is 0 Å². The molecule has 2 nitrogen and oxygen atoms in total. The van der Waals surface area contributed by atoms with E-state index in [1.54, 1.807) is 23.3 Å². The van der Waals surface area contributed by atoms with Crippen LogP contribution in [0.2, 0.25) is 0 Å². The summed E-state index contributed by atoms with van der Waals surface area (Å²) in [5, 5.41) is 10.2. The van der Waals surface area contributed by atoms with Gasteiger partial charge in [-0.05, 0) is 23.5 Å². The minimum absolute atomic E-state index is 0.254. The predicted octanol–water partition coefficient (Wildman–Crippen LogP) is 3.02. The van der Waals surface area contributed by atoms with Crippen molar-refractivity contribution in [1.29, 1.82) is 0 Å². The molecule has 0 aliphatic rings. The molecule has 0 saturated heterocycles. The monoisotopic (exact) mass is 239 g/mol. The molecular weight excluding hydrogens is 226 g/mol. The Morgan fingerprint density at radius 1 is 1.47 bits per heavy atom. The summed E-state index contributed by atoms with van der Waals surface area (Å²) in [5.41, 5.74) is 1.07. The van der Waals surface area contributed by atoms with E-state index < -0.39 is 0 Å². The summed E-state index contributed by atoms with van der Waals surface area (Å²) < 4.78 is 5.64. The Balaban J connectivity index is 2.14. The number of fused-ring (bicyclic) bond motifs is 1. The molecule has 0 amide bonds. The number of aliphatic hydroxyl groups excluding tert-OH is 1. The zero-order valence-electron chi connectivity index (χ0n) is 8.51. The van der Waals surface area contributed by atoms with E-state index in [-0.39, 0.29) is 6.61 Å². The predicted molar refractivity (Wildman–Crippen MR) is 66.6 cm³/mol. The number of thioether (sulfide) groups is 1. The lowest BCUT2D eigenvalue weighted by atomic mass is 10.2. The van der Waals surface area contributed by atoms with Gasteiger partial charge in [0.2, 0.25) is 0 Å². The van der Waals surface area contributed by atoms with E-state index in [9.17, 15) is 0 Å². The standard InChI is InChI=1S/C11H13NOS2/c1-8(6-13)7-14-11-9-4-2-3-5-10(9)12-15-11/h2-5,8,13H,6-7H2,1H3. The van der Waals surface area contributed by atoms with Gasteiger partial charge in [-0.15, -0.1) is 11.8 Å². The van der Waals surface area contributed by atoms with Crippen LogP contribution in [0.4, 0.5) is 0 Å². The van der Waals surface area contributed by atoms with Crippen molar-refractivity contribution >= 4 is 34.2 Å². The summed E-state index contributed by atoms with van der Waals surface area (Å²) in [6, 6.07) is 8.18. The molecule has 1 aromatic heterocycles. The Hall–Kier alpha value is -0.580. The zero-order valence-corrected chi connectivity index (χ0v) is 10.1. The Morgan fingerprint density at radius 3 is 3.07 bits per heavy atom. The molecule has 0 saturated carbocycles. The number of benzene rings is 1. The van der Waals surface area contributed by atoms with Crippen molar-refractivity contribution in [1.82, 2.24) is 4.37 Å². The topological polar surface area (TPSA) is 33.1 Å². The van der Waals surface area contributed by atoms with Gasteiger partial charge in [-0.3, -0.25) is 0 Å². The van der Waals surface area contributed by atoms with E-state index >= 15 is 0 Å². The maximum atomic E-state index is 8.95. The van der Waals surface area contributed by atoms with Crippen LogP contribution in [0.15, 0.2) is 28.5 Å². The van der Waals surface area contributed by atoms with Crippen LogP contribution in [0.25, 0.3) is 10.9 Å². The molecule has 0 bridgehead atoms. The van der Waals surface area contributed by atoms with Gasteiger partial charge in [0.1, 0.15) is 0 Å². The van der Waals surface area contributed by atoms with Gasteiger partial charge < -0.3 is 5.11 Å². The average molecular weight is 239 g/mol. The van der Waals surface area contributed by atoms with Gasteiger partial charge >= 0.3 is 0 Å². The summed E-state index contributed by atoms with van der Waals surface area (Å²) in [6.45, 7) is 2.31. The summed E-state index contributed by atoms with van der Waals surface area (Å²) >= 11 is 3.33. The van der Waals surface area contributed by atoms with Crippen LogP contribution < -0.4 is 0 Å². The smallest absolute Gasteiger partial charge is 0.0885 e. The van der Waals surface area contributed by atoms with E-state index in [0.717, 1.165) is 11.3 Å². The summed E-state index contributed by atoms with van der Waals surface area (Å²) in [4.78, 5) is 0. The third-order valence-corrected chi connectivity index (χ3v) is 4.63. The van der Waals surface area contributed by atoms with Crippen molar-refractivity contribution in [3.05, 3.63) is 24.3 Å². The third kappa shape index (κ3) is 2.51. The molecule has 4 heteroatoms. The summed E-state index contributed by atoms with van der Waals surface area (Å²) in [7, 11) is 0. The Kier molecular flexibility index (Phi) is 3.61. The molecule has 1 N–H and O–H groups in total. The highest BCUT2D eigenvalue weighted by Crippen LogP contribution is 2.32. The molecule has 0 spiro atoms. The quantitative estimate of drug-likeness (QED) is 0.833. The second kappa shape index (κ2) is 4.96. The molecule has 1 aromatic carbocycles. The summed E-state index contributed by atoms with van der Waals surface area (Å²) in [6.07, 6.45) is 0. The highest BCUT2D eigenvalue weighted by atomic mass is 32.2. The molecule has 2 rings (SSSR count). The highest BCUT2D eigenvalue weighted by Gasteiger charge is 2.07. The first-order valence-electron chi connectivity index (χ1n) is 4.89. The van der Waals surface area contributed by atoms with Crippen molar-refractivity contribution in [2.75, 3.05) is 12.4 Å². The lowest BCUT2D eigenvalue weighted by Gasteiger charge is -2.04. The number of nitrogens with zero attached hydrogens (tertiary/aromatic N) is 1. The van der Waals surface area contributed by atoms with Gasteiger partial charge in [-0.25, -0.2) is 0 Å². The SMILES string of the molecule is CC(CO)CSc1snc2ccccc12. The molecule has 0 aliphatic carbocycles. The van der Waals surface area contributed by atoms with Gasteiger partial charge in [0.25, 0.3) is 0 Å². The van der Waals surface area contributed by atoms with Gasteiger partial charge in [0, 0.05) is 17.7 Å². The van der Waals surface area contributed by atoms with Crippen LogP contribution in [0.5, 0.6) is 0 Å². The largest absolute Gasteiger partial charge is 0.396 e. The highest BCUT2D eigenvalue weighted by molar-refractivity contribution is 8.01. The minimum atomic E-state index is 0.254. The second-order valence-corrected chi connectivity index (χ2v) is 5.65. The van der Waals surface area contributed by atoms with Crippen LogP contribution in [-0.2, 0) is 0 Å². The third-order valence-electron chi connectivity index (χ3n) is 2.16. The molecule has 80 valence electrons. The van der Waals surface area contributed by atoms with E-state index in [2.05, 4.69) is 17.4 Å². The van der Waals surface area contributed by atoms with Crippen molar-refractivity contribution < 1.29 is 5.11 Å². The van der Waals surface area contributed by atoms with Gasteiger partial charge in [-0.1, -0.05) is 25.1 Å². The molecule has 1 atom stereocenters. The van der Waals surface area contributed by atoms with Crippen LogP contribution in [0.1, 0.15) is 6.92 Å². The minimum Gasteiger partial charge on any atom is -0.396 e. The fraction of sp³-hybridized carbons (Fsp3) is 0.364. The lowest BCUT2D eigenvalue weighted by Crippen LogP contribution is -2.02. The van der Waals surface area contributed by atoms with Crippen molar-refractivity contribution in [2.45, 2.75) is 11.1 Å². The molecular formula is C11H13NOS2. The zero-order chi connectivity index (χ0) is 10.7. The number of aliphatic hydroxyl groups is 1. The van der Waals surface area contributed by atoms with Crippen LogP contribution in [0, 0.1) is 5.92 Å². The van der Waals surface area contributed by atoms with Crippen LogP contribution in [-0.4, -0.2) is 21.8 Å². The molecule has 1 heterocycles. The van der Waals surface area contributed by atoms with Gasteiger partial charge in [-0.2, -0.15) is 4.37 Å². The Morgan fingerprint density at radius 2 is 2.27 bits per heavy atom. The maximum absolute atomic E-state index is 8.95. The Labute approximate surface area is 97.5 Å². The van der Waals surface area contributed by atoms with E-state index in [0.29, 0.717) is 5.92 Å². The molecule has 0 aliphatic heterocycles. The Bertz CT molecular complexity index is 441. The number of aromatic nitrogens is 1. The first-order chi connectivity index (χ1) is 7.31. The van der Waals surface area contributed by atoms with E-state index in [1.807, 2.05) is 18.2 Å². The van der Waals surface area contributed by atoms with Gasteiger partial charge in [0.05, 0.1) is 9.73 Å². The molecule has 15 heavy (non-hydrogen) atoms. The van der Waals surface area contributed by atoms with Crippen molar-refractivity contribution in [2.24, 2.45) is 5.92 Å². The molecule has 1 unspecified atom stereocenters. The molecule has 0 fully saturated rings. The molecule has 2 aromatic rings. The normalized spacial score (nSPS) is 13.2. The fourth-order valence-electron chi connectivity index (χ4n) is 1.24. The lowest BCUT2D eigenvalue weighted by molar-refractivity contribution is 0.250. The van der Waals surface area contributed by atoms with Crippen molar-refractivity contribution in [3.8, 4) is 0 Å². The number of hydrogen-bond acceptors (Lipinski definition) is 4. The first kappa shape index (κ1) is 10.9. The molecule has 0 radical (unpaired) electrons. The number of hydrogen-bond donors (Lipinski definition) is 1. The van der Waals surface area contributed by atoms with E-state index in [4.69, 9.17) is 5.11 Å². The van der Waals surface area contributed by atoms with Crippen molar-refractivity contribution in [3.63, 3.8) is 0 Å². The summed E-state index contributed by atoms with van der Waals surface area (Å²) in [5.74, 6) is 1.29. The fourth-order valence-corrected chi connectivity index (χ4v) is 3.25. The first-order valence-corrected chi connectivity index (χ1v) is 6.65. The van der Waals surface area contributed by atoms with E-state index in [1.165, 1.54) is 9.60 Å². The second-order valence-electron chi connectivity index (χ2n) is 3.59. The maximum Gasteiger partial charge on any atom is 0.0885 e. The van der Waals surface area contributed by atoms with Crippen LogP contribution >= 0.6 is 23.3 Å². The average Bonchev–Trinajstić information content (AvgIpc) is 2.69.